The van der Waals surface area contributed by atoms with Crippen LogP contribution in [0.1, 0.15) is 37.1 Å². The number of hydrogen-bond donors (Lipinski definition) is 0. The first-order chi connectivity index (χ1) is 11.5. The van der Waals surface area contributed by atoms with Crippen molar-refractivity contribution in [1.29, 1.82) is 0 Å². The van der Waals surface area contributed by atoms with Crippen molar-refractivity contribution in [3.63, 3.8) is 0 Å². The minimum atomic E-state index is -0.783. The van der Waals surface area contributed by atoms with Gasteiger partial charge in [0.15, 0.2) is 0 Å². The molecule has 2 aromatic carbocycles. The Balaban J connectivity index is 1.93. The van der Waals surface area contributed by atoms with E-state index in [9.17, 15) is 9.59 Å². The van der Waals surface area contributed by atoms with E-state index >= 15 is 0 Å². The third-order valence-corrected chi connectivity index (χ3v) is 4.54. The number of likely N-dealkylation sites (tertiary alicyclic amines) is 1. The van der Waals surface area contributed by atoms with Gasteiger partial charge in [-0.05, 0) is 30.2 Å². The molecule has 0 bridgehead atoms. The Morgan fingerprint density at radius 3 is 2.33 bits per heavy atom. The number of rotatable bonds is 4. The molecule has 0 unspecified atom stereocenters. The average Bonchev–Trinajstić information content (AvgIpc) is 2.58. The van der Waals surface area contributed by atoms with Gasteiger partial charge in [-0.3, -0.25) is 9.59 Å². The summed E-state index contributed by atoms with van der Waals surface area (Å²) in [6, 6.07) is 16.6. The SMILES string of the molecule is CC(=O)O[C@H]1C(=O)N([C@@H](C)c2ccccc2)[C@H]1c1ccc(Cl)cc1. The molecule has 1 saturated heterocycles. The van der Waals surface area contributed by atoms with Crippen LogP contribution in [0.2, 0.25) is 5.02 Å². The predicted octanol–water partition coefficient (Wildman–Crippen LogP) is 3.92. The Hall–Kier alpha value is -2.33. The van der Waals surface area contributed by atoms with Crippen molar-refractivity contribution < 1.29 is 14.3 Å². The largest absolute Gasteiger partial charge is 0.450 e. The van der Waals surface area contributed by atoms with Crippen molar-refractivity contribution in [1.82, 2.24) is 4.90 Å². The summed E-state index contributed by atoms with van der Waals surface area (Å²) in [4.78, 5) is 25.7. The Labute approximate surface area is 146 Å². The van der Waals surface area contributed by atoms with Crippen LogP contribution in [-0.4, -0.2) is 22.9 Å². The van der Waals surface area contributed by atoms with Crippen LogP contribution in [0.15, 0.2) is 54.6 Å². The molecule has 1 aliphatic rings. The molecule has 0 saturated carbocycles. The average molecular weight is 344 g/mol. The zero-order valence-corrected chi connectivity index (χ0v) is 14.2. The fourth-order valence-corrected chi connectivity index (χ4v) is 3.22. The number of halogens is 1. The lowest BCUT2D eigenvalue weighted by atomic mass is 9.87. The molecule has 0 aromatic heterocycles. The number of β-lactam (4-membered cyclic amide) rings is 1. The van der Waals surface area contributed by atoms with E-state index < -0.39 is 12.1 Å². The molecule has 3 rings (SSSR count). The van der Waals surface area contributed by atoms with Crippen molar-refractivity contribution in [2.45, 2.75) is 32.0 Å². The van der Waals surface area contributed by atoms with E-state index in [1.54, 1.807) is 17.0 Å². The minimum absolute atomic E-state index is 0.119. The Morgan fingerprint density at radius 1 is 1.12 bits per heavy atom. The van der Waals surface area contributed by atoms with Crippen LogP contribution in [0.4, 0.5) is 0 Å². The molecule has 124 valence electrons. The maximum atomic E-state index is 12.6. The lowest BCUT2D eigenvalue weighted by Gasteiger charge is -2.49. The highest BCUT2D eigenvalue weighted by atomic mass is 35.5. The molecule has 2 aromatic rings. The van der Waals surface area contributed by atoms with Gasteiger partial charge in [-0.15, -0.1) is 0 Å². The third-order valence-electron chi connectivity index (χ3n) is 4.29. The van der Waals surface area contributed by atoms with Crippen molar-refractivity contribution in [3.8, 4) is 0 Å². The molecule has 3 atom stereocenters. The highest BCUT2D eigenvalue weighted by Gasteiger charge is 2.52. The molecule has 0 spiro atoms. The first kappa shape index (κ1) is 16.5. The molecule has 4 nitrogen and oxygen atoms in total. The Bertz CT molecular complexity index is 745. The highest BCUT2D eigenvalue weighted by Crippen LogP contribution is 2.43. The molecular weight excluding hydrogens is 326 g/mol. The van der Waals surface area contributed by atoms with Gasteiger partial charge in [0.05, 0.1) is 6.04 Å². The summed E-state index contributed by atoms with van der Waals surface area (Å²) < 4.78 is 5.25. The van der Waals surface area contributed by atoms with Crippen LogP contribution in [0.3, 0.4) is 0 Å². The summed E-state index contributed by atoms with van der Waals surface area (Å²) in [5.41, 5.74) is 1.93. The number of hydrogen-bond acceptors (Lipinski definition) is 3. The van der Waals surface area contributed by atoms with Crippen LogP contribution in [-0.2, 0) is 14.3 Å². The van der Waals surface area contributed by atoms with Crippen molar-refractivity contribution >= 4 is 23.5 Å². The standard InChI is InChI=1S/C19H18ClNO3/c1-12(14-6-4-3-5-7-14)21-17(15-8-10-16(20)11-9-15)18(19(21)23)24-13(2)22/h3-12,17-18H,1-2H3/t12-,17-,18+/m0/s1. The fraction of sp³-hybridized carbons (Fsp3) is 0.263. The van der Waals surface area contributed by atoms with E-state index in [-0.39, 0.29) is 18.0 Å². The molecule has 1 fully saturated rings. The first-order valence-electron chi connectivity index (χ1n) is 7.79. The smallest absolute Gasteiger partial charge is 0.303 e. The van der Waals surface area contributed by atoms with E-state index in [0.29, 0.717) is 5.02 Å². The molecule has 1 heterocycles. The molecule has 5 heteroatoms. The van der Waals surface area contributed by atoms with Crippen molar-refractivity contribution in [2.75, 3.05) is 0 Å². The normalized spacial score (nSPS) is 21.1. The van der Waals surface area contributed by atoms with E-state index in [2.05, 4.69) is 0 Å². The predicted molar refractivity (Wildman–Crippen MR) is 91.5 cm³/mol. The highest BCUT2D eigenvalue weighted by molar-refractivity contribution is 6.30. The molecule has 0 radical (unpaired) electrons. The number of benzene rings is 2. The maximum absolute atomic E-state index is 12.6. The van der Waals surface area contributed by atoms with E-state index in [0.717, 1.165) is 11.1 Å². The second kappa shape index (κ2) is 6.65. The summed E-state index contributed by atoms with van der Waals surface area (Å²) in [5, 5.41) is 0.621. The summed E-state index contributed by atoms with van der Waals surface area (Å²) in [6.07, 6.45) is -0.783. The monoisotopic (exact) mass is 343 g/mol. The molecule has 1 amide bonds. The number of carbonyl (C=O) groups excluding carboxylic acids is 2. The number of carbonyl (C=O) groups is 2. The molecular formula is C19H18ClNO3. The van der Waals surface area contributed by atoms with Crippen molar-refractivity contribution in [3.05, 3.63) is 70.7 Å². The van der Waals surface area contributed by atoms with Crippen LogP contribution in [0, 0.1) is 0 Å². The van der Waals surface area contributed by atoms with Crippen molar-refractivity contribution in [2.24, 2.45) is 0 Å². The zero-order chi connectivity index (χ0) is 17.3. The second-order valence-electron chi connectivity index (χ2n) is 5.86. The molecule has 0 N–H and O–H groups in total. The van der Waals surface area contributed by atoms with Gasteiger partial charge in [-0.25, -0.2) is 0 Å². The van der Waals surface area contributed by atoms with Gasteiger partial charge >= 0.3 is 5.97 Å². The number of esters is 1. The lowest BCUT2D eigenvalue weighted by Crippen LogP contribution is -2.60. The summed E-state index contributed by atoms with van der Waals surface area (Å²) >= 11 is 5.96. The lowest BCUT2D eigenvalue weighted by molar-refractivity contribution is -0.186. The quantitative estimate of drug-likeness (QED) is 0.624. The summed E-state index contributed by atoms with van der Waals surface area (Å²) in [5.74, 6) is -0.638. The summed E-state index contributed by atoms with van der Waals surface area (Å²) in [7, 11) is 0. The van der Waals surface area contributed by atoms with Gasteiger partial charge < -0.3 is 9.64 Å². The van der Waals surface area contributed by atoms with Crippen LogP contribution in [0.25, 0.3) is 0 Å². The number of amides is 1. The zero-order valence-electron chi connectivity index (χ0n) is 13.5. The van der Waals surface area contributed by atoms with E-state index in [1.807, 2.05) is 49.4 Å². The van der Waals surface area contributed by atoms with E-state index in [4.69, 9.17) is 16.3 Å². The Kier molecular flexibility index (Phi) is 4.58. The number of nitrogens with zero attached hydrogens (tertiary/aromatic N) is 1. The molecule has 0 aliphatic carbocycles. The number of ether oxygens (including phenoxy) is 1. The minimum Gasteiger partial charge on any atom is -0.450 e. The second-order valence-corrected chi connectivity index (χ2v) is 6.30. The topological polar surface area (TPSA) is 46.6 Å². The van der Waals surface area contributed by atoms with Crippen LogP contribution < -0.4 is 0 Å². The van der Waals surface area contributed by atoms with Gasteiger partial charge in [0, 0.05) is 11.9 Å². The van der Waals surface area contributed by atoms with Crippen LogP contribution in [0.5, 0.6) is 0 Å². The first-order valence-corrected chi connectivity index (χ1v) is 8.16. The van der Waals surface area contributed by atoms with Crippen LogP contribution >= 0.6 is 11.6 Å². The fourth-order valence-electron chi connectivity index (χ4n) is 3.10. The van der Waals surface area contributed by atoms with Gasteiger partial charge in [-0.2, -0.15) is 0 Å². The van der Waals surface area contributed by atoms with Gasteiger partial charge in [-0.1, -0.05) is 54.1 Å². The molecule has 24 heavy (non-hydrogen) atoms. The van der Waals surface area contributed by atoms with Gasteiger partial charge in [0.1, 0.15) is 6.04 Å². The Morgan fingerprint density at radius 2 is 1.75 bits per heavy atom. The van der Waals surface area contributed by atoms with Gasteiger partial charge in [0.25, 0.3) is 5.91 Å². The van der Waals surface area contributed by atoms with E-state index in [1.165, 1.54) is 6.92 Å². The third kappa shape index (κ3) is 3.02. The summed E-state index contributed by atoms with van der Waals surface area (Å²) in [6.45, 7) is 3.29. The van der Waals surface area contributed by atoms with Gasteiger partial charge in [0.2, 0.25) is 6.10 Å². The maximum Gasteiger partial charge on any atom is 0.303 e. The molecule has 1 aliphatic heterocycles.